The molecule has 7 heteroatoms. The second-order valence-corrected chi connectivity index (χ2v) is 6.33. The third-order valence-electron chi connectivity index (χ3n) is 4.52. The minimum Gasteiger partial charge on any atom is -0.380 e. The largest absolute Gasteiger partial charge is 0.380 e. The summed E-state index contributed by atoms with van der Waals surface area (Å²) in [6, 6.07) is 7.71. The number of anilines is 1. The summed E-state index contributed by atoms with van der Waals surface area (Å²) in [4.78, 5) is 12.1. The average molecular weight is 343 g/mol. The summed E-state index contributed by atoms with van der Waals surface area (Å²) in [5, 5.41) is 11.6. The SMILES string of the molecule is COC(CN)CC(=O)Nc1cccc(-c2nnc3n2CCCCC3)c1. The molecule has 25 heavy (non-hydrogen) atoms. The maximum absolute atomic E-state index is 12.1. The monoisotopic (exact) mass is 343 g/mol. The molecule has 2 aromatic rings. The van der Waals surface area contributed by atoms with Gasteiger partial charge in [0, 0.05) is 37.9 Å². The Kier molecular flexibility index (Phi) is 5.78. The number of carbonyl (C=O) groups is 1. The molecular weight excluding hydrogens is 318 g/mol. The number of nitrogens with one attached hydrogen (secondary N) is 1. The molecular formula is C18H25N5O2. The number of fused-ring (bicyclic) bond motifs is 1. The van der Waals surface area contributed by atoms with Crippen molar-refractivity contribution in [1.82, 2.24) is 14.8 Å². The van der Waals surface area contributed by atoms with E-state index < -0.39 is 0 Å². The summed E-state index contributed by atoms with van der Waals surface area (Å²) in [6.07, 6.45) is 4.47. The van der Waals surface area contributed by atoms with Crippen LogP contribution in [-0.2, 0) is 22.5 Å². The fourth-order valence-electron chi connectivity index (χ4n) is 3.12. The highest BCUT2D eigenvalue weighted by atomic mass is 16.5. The fraction of sp³-hybridized carbons (Fsp3) is 0.500. The zero-order valence-corrected chi connectivity index (χ0v) is 14.6. The van der Waals surface area contributed by atoms with E-state index in [1.807, 2.05) is 24.3 Å². The van der Waals surface area contributed by atoms with E-state index in [9.17, 15) is 4.79 Å². The molecule has 1 aliphatic heterocycles. The van der Waals surface area contributed by atoms with Crippen molar-refractivity contribution in [2.24, 2.45) is 5.73 Å². The lowest BCUT2D eigenvalue weighted by Crippen LogP contribution is -2.28. The van der Waals surface area contributed by atoms with E-state index in [1.165, 1.54) is 6.42 Å². The Hall–Kier alpha value is -2.25. The Morgan fingerprint density at radius 1 is 1.36 bits per heavy atom. The molecule has 3 rings (SSSR count). The van der Waals surface area contributed by atoms with E-state index in [0.29, 0.717) is 6.54 Å². The lowest BCUT2D eigenvalue weighted by atomic mass is 10.1. The molecule has 1 aliphatic rings. The number of ether oxygens (including phenoxy) is 1. The van der Waals surface area contributed by atoms with Crippen molar-refractivity contribution >= 4 is 11.6 Å². The molecule has 0 radical (unpaired) electrons. The van der Waals surface area contributed by atoms with E-state index in [1.54, 1.807) is 7.11 Å². The van der Waals surface area contributed by atoms with Gasteiger partial charge in [-0.1, -0.05) is 18.6 Å². The number of hydrogen-bond acceptors (Lipinski definition) is 5. The smallest absolute Gasteiger partial charge is 0.227 e. The summed E-state index contributed by atoms with van der Waals surface area (Å²) in [5.41, 5.74) is 7.26. The van der Waals surface area contributed by atoms with Crippen molar-refractivity contribution in [3.05, 3.63) is 30.1 Å². The molecule has 7 nitrogen and oxygen atoms in total. The van der Waals surface area contributed by atoms with Gasteiger partial charge in [-0.25, -0.2) is 0 Å². The first-order valence-corrected chi connectivity index (χ1v) is 8.76. The number of amides is 1. The molecule has 1 aromatic carbocycles. The Balaban J connectivity index is 1.76. The lowest BCUT2D eigenvalue weighted by Gasteiger charge is -2.13. The standard InChI is InChI=1S/C18H25N5O2/c1-25-15(12-19)11-17(24)20-14-7-5-6-13(10-14)18-22-21-16-8-3-2-4-9-23(16)18/h5-7,10,15H,2-4,8-9,11-12,19H2,1H3,(H,20,24). The second-order valence-electron chi connectivity index (χ2n) is 6.33. The summed E-state index contributed by atoms with van der Waals surface area (Å²) in [7, 11) is 1.56. The van der Waals surface area contributed by atoms with Gasteiger partial charge >= 0.3 is 0 Å². The first-order valence-electron chi connectivity index (χ1n) is 8.76. The maximum atomic E-state index is 12.1. The number of hydrogen-bond donors (Lipinski definition) is 2. The minimum absolute atomic E-state index is 0.116. The van der Waals surface area contributed by atoms with Gasteiger partial charge in [0.2, 0.25) is 5.91 Å². The number of rotatable bonds is 6. The van der Waals surface area contributed by atoms with E-state index in [4.69, 9.17) is 10.5 Å². The average Bonchev–Trinajstić information content (AvgIpc) is 2.88. The van der Waals surface area contributed by atoms with Gasteiger partial charge in [0.05, 0.1) is 12.5 Å². The van der Waals surface area contributed by atoms with Gasteiger partial charge in [-0.05, 0) is 25.0 Å². The van der Waals surface area contributed by atoms with Crippen LogP contribution in [0.3, 0.4) is 0 Å². The highest BCUT2D eigenvalue weighted by molar-refractivity contribution is 5.91. The Morgan fingerprint density at radius 2 is 2.24 bits per heavy atom. The topological polar surface area (TPSA) is 95.1 Å². The molecule has 0 saturated heterocycles. The third-order valence-corrected chi connectivity index (χ3v) is 4.52. The molecule has 1 unspecified atom stereocenters. The maximum Gasteiger partial charge on any atom is 0.227 e. The zero-order chi connectivity index (χ0) is 17.6. The number of methoxy groups -OCH3 is 1. The normalized spacial score (nSPS) is 15.3. The predicted octanol–water partition coefficient (Wildman–Crippen LogP) is 1.97. The quantitative estimate of drug-likeness (QED) is 0.836. The van der Waals surface area contributed by atoms with E-state index in [-0.39, 0.29) is 18.4 Å². The van der Waals surface area contributed by atoms with E-state index in [0.717, 1.165) is 48.7 Å². The van der Waals surface area contributed by atoms with Crippen molar-refractivity contribution < 1.29 is 9.53 Å². The Morgan fingerprint density at radius 3 is 3.04 bits per heavy atom. The number of nitrogens with zero attached hydrogens (tertiary/aromatic N) is 3. The summed E-state index contributed by atoms with van der Waals surface area (Å²) in [5.74, 6) is 1.80. The molecule has 2 heterocycles. The van der Waals surface area contributed by atoms with Crippen LogP contribution in [0.2, 0.25) is 0 Å². The van der Waals surface area contributed by atoms with Crippen LogP contribution < -0.4 is 11.1 Å². The first kappa shape index (κ1) is 17.6. The van der Waals surface area contributed by atoms with Crippen molar-refractivity contribution in [1.29, 1.82) is 0 Å². The lowest BCUT2D eigenvalue weighted by molar-refractivity contribution is -0.118. The van der Waals surface area contributed by atoms with Crippen LogP contribution in [0.1, 0.15) is 31.5 Å². The van der Waals surface area contributed by atoms with Crippen LogP contribution >= 0.6 is 0 Å². The van der Waals surface area contributed by atoms with Gasteiger partial charge in [-0.15, -0.1) is 10.2 Å². The molecule has 3 N–H and O–H groups in total. The molecule has 134 valence electrons. The highest BCUT2D eigenvalue weighted by Crippen LogP contribution is 2.25. The molecule has 1 amide bonds. The van der Waals surface area contributed by atoms with Gasteiger partial charge in [0.15, 0.2) is 5.82 Å². The van der Waals surface area contributed by atoms with Crippen LogP contribution in [0, 0.1) is 0 Å². The van der Waals surface area contributed by atoms with Gasteiger partial charge < -0.3 is 20.4 Å². The van der Waals surface area contributed by atoms with Crippen LogP contribution in [0.25, 0.3) is 11.4 Å². The minimum atomic E-state index is -0.268. The summed E-state index contributed by atoms with van der Waals surface area (Å²) >= 11 is 0. The Labute approximate surface area is 147 Å². The van der Waals surface area contributed by atoms with Crippen molar-refractivity contribution in [2.45, 2.75) is 44.8 Å². The first-order chi connectivity index (χ1) is 12.2. The molecule has 1 aromatic heterocycles. The van der Waals surface area contributed by atoms with Gasteiger partial charge in [-0.3, -0.25) is 4.79 Å². The second kappa shape index (κ2) is 8.22. The summed E-state index contributed by atoms with van der Waals surface area (Å²) in [6.45, 7) is 1.26. The molecule has 1 atom stereocenters. The van der Waals surface area contributed by atoms with Gasteiger partial charge in [-0.2, -0.15) is 0 Å². The highest BCUT2D eigenvalue weighted by Gasteiger charge is 2.17. The number of aryl methyl sites for hydroxylation is 1. The molecule has 0 spiro atoms. The Bertz CT molecular complexity index is 724. The molecule has 0 fully saturated rings. The van der Waals surface area contributed by atoms with Gasteiger partial charge in [0.1, 0.15) is 5.82 Å². The number of carbonyl (C=O) groups excluding carboxylic acids is 1. The molecule has 0 saturated carbocycles. The molecule has 0 bridgehead atoms. The van der Waals surface area contributed by atoms with Crippen molar-refractivity contribution in [3.8, 4) is 11.4 Å². The van der Waals surface area contributed by atoms with Crippen LogP contribution in [-0.4, -0.2) is 40.4 Å². The van der Waals surface area contributed by atoms with Gasteiger partial charge in [0.25, 0.3) is 0 Å². The van der Waals surface area contributed by atoms with Crippen LogP contribution in [0.5, 0.6) is 0 Å². The van der Waals surface area contributed by atoms with E-state index >= 15 is 0 Å². The van der Waals surface area contributed by atoms with E-state index in [2.05, 4.69) is 20.1 Å². The van der Waals surface area contributed by atoms with Crippen molar-refractivity contribution in [2.75, 3.05) is 19.0 Å². The zero-order valence-electron chi connectivity index (χ0n) is 14.6. The molecule has 0 aliphatic carbocycles. The fourth-order valence-corrected chi connectivity index (χ4v) is 3.12. The number of nitrogens with two attached hydrogens (primary N) is 1. The predicted molar refractivity (Wildman–Crippen MR) is 96.1 cm³/mol. The summed E-state index contributed by atoms with van der Waals surface area (Å²) < 4.78 is 7.35. The van der Waals surface area contributed by atoms with Crippen LogP contribution in [0.15, 0.2) is 24.3 Å². The third kappa shape index (κ3) is 4.24. The number of benzene rings is 1. The number of aromatic nitrogens is 3. The van der Waals surface area contributed by atoms with Crippen molar-refractivity contribution in [3.63, 3.8) is 0 Å². The van der Waals surface area contributed by atoms with Crippen LogP contribution in [0.4, 0.5) is 5.69 Å².